The number of amides is 2. The van der Waals surface area contributed by atoms with Gasteiger partial charge in [-0.25, -0.2) is 8.42 Å². The van der Waals surface area contributed by atoms with Crippen molar-refractivity contribution in [2.45, 2.75) is 64.6 Å². The van der Waals surface area contributed by atoms with E-state index in [4.69, 9.17) is 11.6 Å². The molecule has 10 heteroatoms. The second-order valence-electron chi connectivity index (χ2n) is 9.40. The molecule has 1 fully saturated rings. The molecule has 2 aromatic carbocycles. The molecule has 37 heavy (non-hydrogen) atoms. The Labute approximate surface area is 224 Å². The summed E-state index contributed by atoms with van der Waals surface area (Å²) in [4.78, 5) is 40.4. The van der Waals surface area contributed by atoms with Crippen LogP contribution < -0.4 is 9.62 Å². The lowest BCUT2D eigenvalue weighted by Gasteiger charge is -2.33. The van der Waals surface area contributed by atoms with Crippen molar-refractivity contribution in [3.63, 3.8) is 0 Å². The molecule has 1 aliphatic rings. The normalized spacial score (nSPS) is 14.7. The van der Waals surface area contributed by atoms with E-state index in [1.165, 1.54) is 24.0 Å². The zero-order chi connectivity index (χ0) is 27.2. The van der Waals surface area contributed by atoms with Gasteiger partial charge in [-0.1, -0.05) is 61.7 Å². The van der Waals surface area contributed by atoms with E-state index in [1.807, 2.05) is 6.92 Å². The lowest BCUT2D eigenvalue weighted by Crippen LogP contribution is -2.53. The molecule has 1 atom stereocenters. The highest BCUT2D eigenvalue weighted by molar-refractivity contribution is 7.92. The van der Waals surface area contributed by atoms with Crippen molar-refractivity contribution < 1.29 is 22.8 Å². The summed E-state index contributed by atoms with van der Waals surface area (Å²) in [6.45, 7) is 2.71. The smallest absolute Gasteiger partial charge is 0.244 e. The maximum Gasteiger partial charge on any atom is 0.244 e. The number of nitrogens with one attached hydrogen (secondary N) is 1. The van der Waals surface area contributed by atoms with Gasteiger partial charge in [0.1, 0.15) is 12.6 Å². The maximum atomic E-state index is 13.8. The van der Waals surface area contributed by atoms with E-state index >= 15 is 0 Å². The molecule has 0 saturated heterocycles. The van der Waals surface area contributed by atoms with Crippen molar-refractivity contribution in [1.29, 1.82) is 0 Å². The Morgan fingerprint density at radius 3 is 2.35 bits per heavy atom. The molecule has 0 bridgehead atoms. The zero-order valence-corrected chi connectivity index (χ0v) is 23.0. The molecule has 200 valence electrons. The van der Waals surface area contributed by atoms with Crippen molar-refractivity contribution in [2.24, 2.45) is 0 Å². The summed E-state index contributed by atoms with van der Waals surface area (Å²) in [5, 5.41) is 3.51. The van der Waals surface area contributed by atoms with Crippen LogP contribution in [0.3, 0.4) is 0 Å². The third kappa shape index (κ3) is 7.55. The van der Waals surface area contributed by atoms with Crippen molar-refractivity contribution in [3.05, 3.63) is 64.7 Å². The molecular formula is C27H34ClN3O5S. The Kier molecular flexibility index (Phi) is 9.73. The van der Waals surface area contributed by atoms with Gasteiger partial charge in [-0.05, 0) is 49.9 Å². The van der Waals surface area contributed by atoms with Gasteiger partial charge in [0, 0.05) is 23.2 Å². The lowest BCUT2D eigenvalue weighted by molar-refractivity contribution is -0.140. The van der Waals surface area contributed by atoms with Crippen molar-refractivity contribution in [3.8, 4) is 0 Å². The fraction of sp³-hybridized carbons (Fsp3) is 0.444. The number of benzene rings is 2. The average molecular weight is 548 g/mol. The van der Waals surface area contributed by atoms with Crippen molar-refractivity contribution in [1.82, 2.24) is 10.2 Å². The topological polar surface area (TPSA) is 104 Å². The van der Waals surface area contributed by atoms with Crippen LogP contribution in [0.25, 0.3) is 0 Å². The third-order valence-corrected chi connectivity index (χ3v) is 8.12. The van der Waals surface area contributed by atoms with Crippen molar-refractivity contribution >= 4 is 44.9 Å². The van der Waals surface area contributed by atoms with Crippen LogP contribution in [0.4, 0.5) is 5.69 Å². The number of rotatable bonds is 11. The number of anilines is 1. The number of sulfonamides is 1. The van der Waals surface area contributed by atoms with Gasteiger partial charge in [0.05, 0.1) is 11.9 Å². The Balaban J connectivity index is 1.95. The van der Waals surface area contributed by atoms with Gasteiger partial charge in [0.25, 0.3) is 0 Å². The quantitative estimate of drug-likeness (QED) is 0.425. The van der Waals surface area contributed by atoms with E-state index in [2.05, 4.69) is 5.32 Å². The van der Waals surface area contributed by atoms with Gasteiger partial charge in [0.15, 0.2) is 5.78 Å². The molecule has 0 aliphatic heterocycles. The van der Waals surface area contributed by atoms with Gasteiger partial charge < -0.3 is 10.2 Å². The Morgan fingerprint density at radius 1 is 1.08 bits per heavy atom. The Morgan fingerprint density at radius 2 is 1.76 bits per heavy atom. The zero-order valence-electron chi connectivity index (χ0n) is 21.4. The lowest BCUT2D eigenvalue weighted by atomic mass is 10.1. The molecule has 0 unspecified atom stereocenters. The van der Waals surface area contributed by atoms with E-state index in [9.17, 15) is 22.8 Å². The first kappa shape index (κ1) is 28.7. The standard InChI is InChI=1S/C27H34ClN3O5S/c1-4-25(27(34)29-22-12-6-7-13-22)30(17-21-10-5-8-15-24(21)28)26(33)18-31(37(3,35)36)23-14-9-11-20(16-23)19(2)32/h5,8-11,14-16,22,25H,4,6-7,12-13,17-18H2,1-3H3,(H,29,34)/t25-/m0/s1. The molecule has 1 saturated carbocycles. The van der Waals surface area contributed by atoms with Crippen LogP contribution in [0, 0.1) is 0 Å². The highest BCUT2D eigenvalue weighted by atomic mass is 35.5. The first-order chi connectivity index (χ1) is 17.5. The van der Waals surface area contributed by atoms with Crippen LogP contribution >= 0.6 is 11.6 Å². The monoisotopic (exact) mass is 547 g/mol. The largest absolute Gasteiger partial charge is 0.352 e. The van der Waals surface area contributed by atoms with E-state index < -0.39 is 28.5 Å². The summed E-state index contributed by atoms with van der Waals surface area (Å²) in [6, 6.07) is 12.4. The Bertz CT molecular complexity index is 1240. The molecule has 0 aromatic heterocycles. The van der Waals surface area contributed by atoms with Crippen LogP contribution in [-0.4, -0.2) is 55.8 Å². The van der Waals surface area contributed by atoms with E-state index in [0.717, 1.165) is 36.2 Å². The fourth-order valence-electron chi connectivity index (χ4n) is 4.59. The van der Waals surface area contributed by atoms with Crippen LogP contribution in [0.5, 0.6) is 0 Å². The molecule has 0 spiro atoms. The summed E-state index contributed by atoms with van der Waals surface area (Å²) >= 11 is 6.38. The first-order valence-electron chi connectivity index (χ1n) is 12.4. The summed E-state index contributed by atoms with van der Waals surface area (Å²) in [5.74, 6) is -1.04. The number of carbonyl (C=O) groups excluding carboxylic acids is 3. The van der Waals surface area contributed by atoms with E-state index in [0.29, 0.717) is 22.6 Å². The minimum atomic E-state index is -3.89. The Hall–Kier alpha value is -2.91. The van der Waals surface area contributed by atoms with Gasteiger partial charge in [-0.2, -0.15) is 0 Å². The number of Topliss-reactive ketones (excluding diaryl/α,β-unsaturated/α-hetero) is 1. The number of hydrogen-bond donors (Lipinski definition) is 1. The molecule has 0 heterocycles. The van der Waals surface area contributed by atoms with Crippen molar-refractivity contribution in [2.75, 3.05) is 17.1 Å². The molecule has 0 radical (unpaired) electrons. The molecular weight excluding hydrogens is 514 g/mol. The van der Waals surface area contributed by atoms with Crippen LogP contribution in [-0.2, 0) is 26.2 Å². The summed E-state index contributed by atoms with van der Waals surface area (Å²) in [6.07, 6.45) is 5.24. The molecule has 8 nitrogen and oxygen atoms in total. The summed E-state index contributed by atoms with van der Waals surface area (Å²) < 4.78 is 26.5. The van der Waals surface area contributed by atoms with Gasteiger partial charge in [-0.15, -0.1) is 0 Å². The maximum absolute atomic E-state index is 13.8. The number of halogens is 1. The molecule has 2 amide bonds. The predicted octanol–water partition coefficient (Wildman–Crippen LogP) is 4.17. The fourth-order valence-corrected chi connectivity index (χ4v) is 5.63. The number of carbonyl (C=O) groups is 3. The molecule has 3 rings (SSSR count). The van der Waals surface area contributed by atoms with E-state index in [1.54, 1.807) is 36.4 Å². The van der Waals surface area contributed by atoms with Gasteiger partial charge in [0.2, 0.25) is 21.8 Å². The van der Waals surface area contributed by atoms with Crippen LogP contribution in [0.15, 0.2) is 48.5 Å². The minimum absolute atomic E-state index is 0.0419. The summed E-state index contributed by atoms with van der Waals surface area (Å²) in [7, 11) is -3.89. The SMILES string of the molecule is CC[C@@H](C(=O)NC1CCCC1)N(Cc1ccccc1Cl)C(=O)CN(c1cccc(C(C)=O)c1)S(C)(=O)=O. The van der Waals surface area contributed by atoms with E-state index in [-0.39, 0.29) is 30.0 Å². The number of hydrogen-bond acceptors (Lipinski definition) is 5. The number of ketones is 1. The third-order valence-electron chi connectivity index (χ3n) is 6.61. The predicted molar refractivity (Wildman–Crippen MR) is 145 cm³/mol. The molecule has 1 aliphatic carbocycles. The van der Waals surface area contributed by atoms with Crippen LogP contribution in [0.2, 0.25) is 5.02 Å². The second kappa shape index (κ2) is 12.6. The first-order valence-corrected chi connectivity index (χ1v) is 14.7. The molecule has 1 N–H and O–H groups in total. The minimum Gasteiger partial charge on any atom is -0.352 e. The average Bonchev–Trinajstić information content (AvgIpc) is 3.35. The summed E-state index contributed by atoms with van der Waals surface area (Å²) in [5.41, 5.74) is 1.17. The number of nitrogens with zero attached hydrogens (tertiary/aromatic N) is 2. The second-order valence-corrected chi connectivity index (χ2v) is 11.7. The van der Waals surface area contributed by atoms with Crippen LogP contribution in [0.1, 0.15) is 61.9 Å². The van der Waals surface area contributed by atoms with Gasteiger partial charge >= 0.3 is 0 Å². The molecule has 2 aromatic rings. The highest BCUT2D eigenvalue weighted by Crippen LogP contribution is 2.24. The highest BCUT2D eigenvalue weighted by Gasteiger charge is 2.33. The van der Waals surface area contributed by atoms with Gasteiger partial charge in [-0.3, -0.25) is 18.7 Å².